The van der Waals surface area contributed by atoms with Gasteiger partial charge in [0.15, 0.2) is 0 Å². The van der Waals surface area contributed by atoms with Gasteiger partial charge >= 0.3 is 0 Å². The fraction of sp³-hybridized carbons (Fsp3) is 0.400. The zero-order chi connectivity index (χ0) is 22.4. The van der Waals surface area contributed by atoms with Gasteiger partial charge < -0.3 is 5.32 Å². The molecule has 2 unspecified atom stereocenters. The normalized spacial score (nSPS) is 17.9. The van der Waals surface area contributed by atoms with E-state index in [4.69, 9.17) is 0 Å². The summed E-state index contributed by atoms with van der Waals surface area (Å²) in [5, 5.41) is 2.74. The van der Waals surface area contributed by atoms with Crippen LogP contribution in [0.1, 0.15) is 38.7 Å². The van der Waals surface area contributed by atoms with E-state index in [0.717, 1.165) is 23.2 Å². The third-order valence-electron chi connectivity index (χ3n) is 5.55. The highest BCUT2D eigenvalue weighted by Gasteiger charge is 2.21. The molecule has 3 rings (SSSR count). The predicted molar refractivity (Wildman–Crippen MR) is 122 cm³/mol. The first-order valence-electron chi connectivity index (χ1n) is 10.7. The van der Waals surface area contributed by atoms with Crippen LogP contribution in [-0.4, -0.2) is 47.4 Å². The van der Waals surface area contributed by atoms with Crippen molar-refractivity contribution in [3.8, 4) is 11.1 Å². The maximum Gasteiger partial charge on any atom is 0.249 e. The van der Waals surface area contributed by atoms with Gasteiger partial charge in [0.25, 0.3) is 0 Å². The summed E-state index contributed by atoms with van der Waals surface area (Å²) < 4.78 is 13.2. The summed E-state index contributed by atoms with van der Waals surface area (Å²) >= 11 is 0. The minimum atomic E-state index is -0.760. The number of anilines is 1. The lowest BCUT2D eigenvalue weighted by Crippen LogP contribution is -2.21. The van der Waals surface area contributed by atoms with Crippen molar-refractivity contribution in [3.63, 3.8) is 0 Å². The van der Waals surface area contributed by atoms with Crippen LogP contribution in [0.3, 0.4) is 0 Å². The number of nitrogens with zero attached hydrogens (tertiary/aromatic N) is 2. The van der Waals surface area contributed by atoms with Crippen molar-refractivity contribution >= 4 is 17.5 Å². The number of hydrogen-bond donors (Lipinski definition) is 1. The van der Waals surface area contributed by atoms with Gasteiger partial charge in [0.1, 0.15) is 17.8 Å². The molecule has 1 aromatic heterocycles. The van der Waals surface area contributed by atoms with Crippen LogP contribution >= 0.6 is 0 Å². The molecule has 5 nitrogen and oxygen atoms in total. The van der Waals surface area contributed by atoms with E-state index in [-0.39, 0.29) is 23.5 Å². The van der Waals surface area contributed by atoms with Crippen molar-refractivity contribution in [2.45, 2.75) is 39.3 Å². The van der Waals surface area contributed by atoms with Gasteiger partial charge in [0, 0.05) is 43.4 Å². The van der Waals surface area contributed by atoms with E-state index < -0.39 is 6.17 Å². The second kappa shape index (κ2) is 10.4. The van der Waals surface area contributed by atoms with Crippen LogP contribution in [0.15, 0.2) is 54.7 Å². The number of rotatable bonds is 8. The Morgan fingerprint density at radius 2 is 2.06 bits per heavy atom. The highest BCUT2D eigenvalue weighted by atomic mass is 19.1. The molecule has 1 fully saturated rings. The summed E-state index contributed by atoms with van der Waals surface area (Å²) in [5.74, 6) is 0.448. The molecule has 1 aliphatic rings. The van der Waals surface area contributed by atoms with Crippen molar-refractivity contribution in [3.05, 3.63) is 60.3 Å². The monoisotopic (exact) mass is 423 g/mol. The highest BCUT2D eigenvalue weighted by molar-refractivity contribution is 5.98. The number of aromatic nitrogens is 1. The van der Waals surface area contributed by atoms with E-state index in [0.29, 0.717) is 25.3 Å². The molecular formula is C25H30FN3O2. The molecule has 1 N–H and O–H groups in total. The van der Waals surface area contributed by atoms with Gasteiger partial charge in [-0.2, -0.15) is 0 Å². The second-order valence-corrected chi connectivity index (χ2v) is 8.43. The van der Waals surface area contributed by atoms with Crippen LogP contribution in [0.2, 0.25) is 0 Å². The van der Waals surface area contributed by atoms with Crippen LogP contribution in [0.25, 0.3) is 11.1 Å². The summed E-state index contributed by atoms with van der Waals surface area (Å²) in [6, 6.07) is 11.6. The third-order valence-corrected chi connectivity index (χ3v) is 5.55. The number of carbonyl (C=O) groups excluding carboxylic acids is 2. The Balaban J connectivity index is 1.61. The molecule has 0 spiro atoms. The Hall–Kier alpha value is -2.86. The largest absolute Gasteiger partial charge is 0.307 e. The number of likely N-dealkylation sites (tertiary alicyclic amines) is 1. The van der Waals surface area contributed by atoms with Crippen molar-refractivity contribution in [2.75, 3.05) is 25.0 Å². The molecule has 164 valence electrons. The SMILES string of the molecule is CC(=O)C(c1cccc(-c2ccc(NC(=O)/C=C/CN3CCC(F)C3)nc2)c1)C(C)C. The molecule has 1 aliphatic heterocycles. The molecule has 2 aromatic rings. The summed E-state index contributed by atoms with van der Waals surface area (Å²) in [7, 11) is 0. The number of benzene rings is 1. The lowest BCUT2D eigenvalue weighted by molar-refractivity contribution is -0.119. The quantitative estimate of drug-likeness (QED) is 0.630. The summed E-state index contributed by atoms with van der Waals surface area (Å²) in [6.07, 6.45) is 4.71. The molecule has 31 heavy (non-hydrogen) atoms. The van der Waals surface area contributed by atoms with Crippen molar-refractivity contribution < 1.29 is 14.0 Å². The fourth-order valence-electron chi connectivity index (χ4n) is 4.07. The van der Waals surface area contributed by atoms with Crippen LogP contribution in [0, 0.1) is 5.92 Å². The topological polar surface area (TPSA) is 62.3 Å². The molecule has 0 radical (unpaired) electrons. The van der Waals surface area contributed by atoms with Crippen molar-refractivity contribution in [1.82, 2.24) is 9.88 Å². The van der Waals surface area contributed by atoms with E-state index >= 15 is 0 Å². The average Bonchev–Trinajstić information content (AvgIpc) is 3.13. The minimum absolute atomic E-state index is 0.130. The number of halogens is 1. The molecule has 2 heterocycles. The first-order valence-corrected chi connectivity index (χ1v) is 10.7. The molecule has 1 aromatic carbocycles. The van der Waals surface area contributed by atoms with E-state index in [1.54, 1.807) is 25.3 Å². The Labute approximate surface area is 183 Å². The fourth-order valence-corrected chi connectivity index (χ4v) is 4.07. The maximum absolute atomic E-state index is 13.2. The maximum atomic E-state index is 13.2. The number of carbonyl (C=O) groups is 2. The molecule has 0 saturated carbocycles. The molecular weight excluding hydrogens is 393 g/mol. The van der Waals surface area contributed by atoms with Crippen LogP contribution in [0.5, 0.6) is 0 Å². The zero-order valence-corrected chi connectivity index (χ0v) is 18.3. The number of alkyl halides is 1. The molecule has 1 amide bonds. The van der Waals surface area contributed by atoms with Gasteiger partial charge in [0.05, 0.1) is 0 Å². The van der Waals surface area contributed by atoms with Gasteiger partial charge in [-0.1, -0.05) is 44.2 Å². The summed E-state index contributed by atoms with van der Waals surface area (Å²) in [5.41, 5.74) is 2.89. The number of hydrogen-bond acceptors (Lipinski definition) is 4. The van der Waals surface area contributed by atoms with E-state index in [2.05, 4.69) is 24.1 Å². The van der Waals surface area contributed by atoms with E-state index in [9.17, 15) is 14.0 Å². The second-order valence-electron chi connectivity index (χ2n) is 8.43. The smallest absolute Gasteiger partial charge is 0.249 e. The highest BCUT2D eigenvalue weighted by Crippen LogP contribution is 2.29. The number of amides is 1. The van der Waals surface area contributed by atoms with Gasteiger partial charge in [-0.3, -0.25) is 14.5 Å². The van der Waals surface area contributed by atoms with Crippen LogP contribution < -0.4 is 5.32 Å². The molecule has 2 atom stereocenters. The standard InChI is InChI=1S/C25H30FN3O2/c1-17(2)25(18(3)30)20-7-4-6-19(14-20)21-9-10-23(27-15-21)28-24(31)8-5-12-29-13-11-22(26)16-29/h4-10,14-15,17,22,25H,11-13,16H2,1-3H3,(H,27,28,31)/b8-5+. The summed E-state index contributed by atoms with van der Waals surface area (Å²) in [4.78, 5) is 30.5. The lowest BCUT2D eigenvalue weighted by Gasteiger charge is -2.19. The summed E-state index contributed by atoms with van der Waals surface area (Å²) in [6.45, 7) is 7.45. The lowest BCUT2D eigenvalue weighted by atomic mass is 9.84. The van der Waals surface area contributed by atoms with Gasteiger partial charge in [-0.15, -0.1) is 0 Å². The van der Waals surface area contributed by atoms with Crippen molar-refractivity contribution in [2.24, 2.45) is 5.92 Å². The minimum Gasteiger partial charge on any atom is -0.307 e. The molecule has 0 bridgehead atoms. The Bertz CT molecular complexity index is 940. The number of pyridine rings is 1. The van der Waals surface area contributed by atoms with E-state index in [1.165, 1.54) is 6.08 Å². The molecule has 0 aliphatic carbocycles. The Morgan fingerprint density at radius 3 is 2.68 bits per heavy atom. The van der Waals surface area contributed by atoms with Crippen LogP contribution in [-0.2, 0) is 9.59 Å². The van der Waals surface area contributed by atoms with Gasteiger partial charge in [-0.05, 0) is 42.5 Å². The first kappa shape index (κ1) is 22.8. The van der Waals surface area contributed by atoms with Crippen molar-refractivity contribution in [1.29, 1.82) is 0 Å². The van der Waals surface area contributed by atoms with E-state index in [1.807, 2.05) is 35.2 Å². The molecule has 6 heteroatoms. The van der Waals surface area contributed by atoms with Crippen LogP contribution in [0.4, 0.5) is 10.2 Å². The zero-order valence-electron chi connectivity index (χ0n) is 18.3. The number of ketones is 1. The van der Waals surface area contributed by atoms with Gasteiger partial charge in [-0.25, -0.2) is 9.37 Å². The Morgan fingerprint density at radius 1 is 1.26 bits per heavy atom. The van der Waals surface area contributed by atoms with Gasteiger partial charge in [0.2, 0.25) is 5.91 Å². The Kier molecular flexibility index (Phi) is 7.69. The third kappa shape index (κ3) is 6.31. The molecule has 1 saturated heterocycles. The average molecular weight is 424 g/mol. The predicted octanol–water partition coefficient (Wildman–Crippen LogP) is 4.62. The number of Topliss-reactive ketones (excluding diaryl/α,β-unsaturated/α-hetero) is 1. The first-order chi connectivity index (χ1) is 14.8. The number of nitrogens with one attached hydrogen (secondary N) is 1.